The highest BCUT2D eigenvalue weighted by Gasteiger charge is 2.28. The lowest BCUT2D eigenvalue weighted by Crippen LogP contribution is -2.49. The highest BCUT2D eigenvalue weighted by Crippen LogP contribution is 2.34. The zero-order valence-electron chi connectivity index (χ0n) is 18.2. The van der Waals surface area contributed by atoms with E-state index in [1.54, 1.807) is 4.90 Å². The smallest absolute Gasteiger partial charge is 0.311 e. The van der Waals surface area contributed by atoms with Gasteiger partial charge in [0.15, 0.2) is 5.76 Å². The Morgan fingerprint density at radius 1 is 0.969 bits per heavy atom. The van der Waals surface area contributed by atoms with Crippen molar-refractivity contribution in [3.05, 3.63) is 64.0 Å². The van der Waals surface area contributed by atoms with Crippen LogP contribution in [0.5, 0.6) is 0 Å². The molecule has 0 saturated carbocycles. The van der Waals surface area contributed by atoms with E-state index in [1.807, 2.05) is 50.2 Å². The first-order valence-electron chi connectivity index (χ1n) is 10.6. The zero-order valence-corrected chi connectivity index (χ0v) is 18.9. The molecular formula is C24H23ClN4O3. The van der Waals surface area contributed by atoms with Gasteiger partial charge in [0.05, 0.1) is 0 Å². The average molecular weight is 451 g/mol. The van der Waals surface area contributed by atoms with E-state index in [9.17, 15) is 4.79 Å². The molecule has 0 spiro atoms. The van der Waals surface area contributed by atoms with Crippen molar-refractivity contribution < 1.29 is 13.6 Å². The Morgan fingerprint density at radius 2 is 1.75 bits per heavy atom. The number of amides is 1. The molecule has 2 aromatic carbocycles. The Balaban J connectivity index is 1.32. The second kappa shape index (κ2) is 7.98. The minimum atomic E-state index is -0.267. The van der Waals surface area contributed by atoms with Gasteiger partial charge in [-0.1, -0.05) is 35.9 Å². The fourth-order valence-electron chi connectivity index (χ4n) is 4.20. The third kappa shape index (κ3) is 3.52. The van der Waals surface area contributed by atoms with E-state index in [2.05, 4.69) is 22.0 Å². The molecule has 0 bridgehead atoms. The van der Waals surface area contributed by atoms with Crippen molar-refractivity contribution in [2.45, 2.75) is 20.8 Å². The van der Waals surface area contributed by atoms with Crippen LogP contribution in [0, 0.1) is 20.8 Å². The maximum atomic E-state index is 13.0. The number of benzene rings is 2. The van der Waals surface area contributed by atoms with Gasteiger partial charge in [-0.15, -0.1) is 10.2 Å². The van der Waals surface area contributed by atoms with Crippen molar-refractivity contribution in [1.29, 1.82) is 0 Å². The maximum absolute atomic E-state index is 13.0. The van der Waals surface area contributed by atoms with E-state index in [0.717, 1.165) is 33.3 Å². The lowest BCUT2D eigenvalue weighted by molar-refractivity contribution is 0.0707. The minimum Gasteiger partial charge on any atom is -0.450 e. The lowest BCUT2D eigenvalue weighted by Gasteiger charge is -2.36. The molecule has 3 heterocycles. The van der Waals surface area contributed by atoms with E-state index in [0.29, 0.717) is 37.0 Å². The molecular weight excluding hydrogens is 428 g/mol. The van der Waals surface area contributed by atoms with Gasteiger partial charge in [-0.05, 0) is 44.0 Å². The van der Waals surface area contributed by atoms with Crippen molar-refractivity contribution >= 4 is 34.2 Å². The first kappa shape index (κ1) is 20.6. The number of rotatable bonds is 3. The van der Waals surface area contributed by atoms with Crippen LogP contribution in [0.25, 0.3) is 22.6 Å². The molecule has 1 aliphatic rings. The summed E-state index contributed by atoms with van der Waals surface area (Å²) in [5, 5.41) is 9.80. The third-order valence-corrected chi connectivity index (χ3v) is 6.28. The molecule has 164 valence electrons. The Bertz CT molecular complexity index is 1320. The highest BCUT2D eigenvalue weighted by molar-refractivity contribution is 6.30. The summed E-state index contributed by atoms with van der Waals surface area (Å²) >= 11 is 6.17. The van der Waals surface area contributed by atoms with Crippen LogP contribution >= 0.6 is 11.6 Å². The Kier molecular flexibility index (Phi) is 5.13. The van der Waals surface area contributed by atoms with Crippen molar-refractivity contribution in [3.8, 4) is 11.7 Å². The monoisotopic (exact) mass is 450 g/mol. The van der Waals surface area contributed by atoms with Crippen molar-refractivity contribution in [1.82, 2.24) is 15.1 Å². The van der Waals surface area contributed by atoms with Crippen LogP contribution in [-0.4, -0.2) is 47.2 Å². The average Bonchev–Trinajstić information content (AvgIpc) is 3.41. The summed E-state index contributed by atoms with van der Waals surface area (Å²) in [5.74, 6) is 0.428. The van der Waals surface area contributed by atoms with Gasteiger partial charge in [0.2, 0.25) is 0 Å². The van der Waals surface area contributed by atoms with Gasteiger partial charge in [0, 0.05) is 47.8 Å². The van der Waals surface area contributed by atoms with Crippen LogP contribution in [0.4, 0.5) is 5.69 Å². The maximum Gasteiger partial charge on any atom is 0.311 e. The van der Waals surface area contributed by atoms with Gasteiger partial charge in [-0.2, -0.15) is 0 Å². The molecule has 4 aromatic rings. The third-order valence-electron chi connectivity index (χ3n) is 6.04. The first-order chi connectivity index (χ1) is 15.4. The van der Waals surface area contributed by atoms with Gasteiger partial charge in [-0.25, -0.2) is 0 Å². The number of piperazine rings is 1. The molecule has 0 radical (unpaired) electrons. The molecule has 8 heteroatoms. The largest absolute Gasteiger partial charge is 0.450 e. The van der Waals surface area contributed by atoms with Crippen LogP contribution in [0.15, 0.2) is 45.2 Å². The standard InChI is InChI=1S/C24H23ClN4O3/c1-14-7-8-17(25)13-19(14)28-9-11-29(12-10-28)24(30)23-27-26-22(32-23)21-16(3)18-6-4-5-15(2)20(18)31-21/h4-8,13H,9-12H2,1-3H3. The van der Waals surface area contributed by atoms with Crippen LogP contribution in [-0.2, 0) is 0 Å². The van der Waals surface area contributed by atoms with Crippen molar-refractivity contribution in [2.75, 3.05) is 31.1 Å². The normalized spacial score (nSPS) is 14.4. The van der Waals surface area contributed by atoms with Gasteiger partial charge < -0.3 is 18.6 Å². The van der Waals surface area contributed by atoms with Crippen LogP contribution in [0.1, 0.15) is 27.4 Å². The number of anilines is 1. The molecule has 0 aliphatic carbocycles. The highest BCUT2D eigenvalue weighted by atomic mass is 35.5. The SMILES string of the molecule is Cc1ccc(Cl)cc1N1CCN(C(=O)c2nnc(-c3oc4c(C)cccc4c3C)o2)CC1. The van der Waals surface area contributed by atoms with Gasteiger partial charge >= 0.3 is 11.8 Å². The molecule has 32 heavy (non-hydrogen) atoms. The Labute approximate surface area is 190 Å². The minimum absolute atomic E-state index is 0.0241. The quantitative estimate of drug-likeness (QED) is 0.436. The second-order valence-corrected chi connectivity index (χ2v) is 8.57. The number of nitrogens with zero attached hydrogens (tertiary/aromatic N) is 4. The van der Waals surface area contributed by atoms with E-state index in [4.69, 9.17) is 20.4 Å². The molecule has 1 saturated heterocycles. The summed E-state index contributed by atoms with van der Waals surface area (Å²) in [4.78, 5) is 17.0. The Morgan fingerprint density at radius 3 is 2.50 bits per heavy atom. The van der Waals surface area contributed by atoms with E-state index in [1.165, 1.54) is 0 Å². The number of furan rings is 1. The number of halogens is 1. The first-order valence-corrected chi connectivity index (χ1v) is 10.9. The van der Waals surface area contributed by atoms with Gasteiger partial charge in [0.25, 0.3) is 5.89 Å². The molecule has 7 nitrogen and oxygen atoms in total. The summed E-state index contributed by atoms with van der Waals surface area (Å²) in [6.45, 7) is 8.53. The van der Waals surface area contributed by atoms with Crippen LogP contribution < -0.4 is 4.90 Å². The number of hydrogen-bond acceptors (Lipinski definition) is 6. The number of carbonyl (C=O) groups excluding carboxylic acids is 1. The van der Waals surface area contributed by atoms with Crippen molar-refractivity contribution in [3.63, 3.8) is 0 Å². The number of aromatic nitrogens is 2. The van der Waals surface area contributed by atoms with Gasteiger partial charge in [0.1, 0.15) is 5.58 Å². The number of carbonyl (C=O) groups is 1. The van der Waals surface area contributed by atoms with Crippen LogP contribution in [0.3, 0.4) is 0 Å². The van der Waals surface area contributed by atoms with E-state index >= 15 is 0 Å². The van der Waals surface area contributed by atoms with E-state index < -0.39 is 0 Å². The summed E-state index contributed by atoms with van der Waals surface area (Å²) in [6, 6.07) is 11.8. The fraction of sp³-hybridized carbons (Fsp3) is 0.292. The molecule has 0 N–H and O–H groups in total. The predicted octanol–water partition coefficient (Wildman–Crippen LogP) is 5.02. The van der Waals surface area contributed by atoms with Crippen molar-refractivity contribution in [2.24, 2.45) is 0 Å². The fourth-order valence-corrected chi connectivity index (χ4v) is 4.36. The zero-order chi connectivity index (χ0) is 22.4. The summed E-state index contributed by atoms with van der Waals surface area (Å²) in [6.07, 6.45) is 0. The molecule has 2 aromatic heterocycles. The second-order valence-electron chi connectivity index (χ2n) is 8.13. The van der Waals surface area contributed by atoms with E-state index in [-0.39, 0.29) is 17.7 Å². The number of aryl methyl sites for hydroxylation is 3. The van der Waals surface area contributed by atoms with Crippen LogP contribution in [0.2, 0.25) is 5.02 Å². The topological polar surface area (TPSA) is 75.6 Å². The molecule has 0 unspecified atom stereocenters. The summed E-state index contributed by atoms with van der Waals surface area (Å²) in [7, 11) is 0. The molecule has 0 atom stereocenters. The van der Waals surface area contributed by atoms with Gasteiger partial charge in [-0.3, -0.25) is 4.79 Å². The lowest BCUT2D eigenvalue weighted by atomic mass is 10.1. The molecule has 1 aliphatic heterocycles. The number of para-hydroxylation sites is 1. The predicted molar refractivity (Wildman–Crippen MR) is 123 cm³/mol. The molecule has 5 rings (SSSR count). The Hall–Kier alpha value is -3.32. The summed E-state index contributed by atoms with van der Waals surface area (Å²) < 4.78 is 11.7. The molecule has 1 fully saturated rings. The summed E-state index contributed by atoms with van der Waals surface area (Å²) in [5.41, 5.74) is 4.99. The molecule has 1 amide bonds. The number of fused-ring (bicyclic) bond motifs is 1. The number of hydrogen-bond donors (Lipinski definition) is 0.